The lowest BCUT2D eigenvalue weighted by Crippen LogP contribution is -2.21. The van der Waals surface area contributed by atoms with E-state index in [2.05, 4.69) is 17.4 Å². The maximum absolute atomic E-state index is 5.77. The second-order valence-corrected chi connectivity index (χ2v) is 4.17. The Kier molecular flexibility index (Phi) is 5.29. The summed E-state index contributed by atoms with van der Waals surface area (Å²) in [6.07, 6.45) is 2.08. The van der Waals surface area contributed by atoms with Crippen LogP contribution in [-0.2, 0) is 0 Å². The first-order chi connectivity index (χ1) is 7.67. The Bertz CT molecular complexity index is 295. The number of hydrogen-bond donors (Lipinski definition) is 2. The highest BCUT2D eigenvalue weighted by Gasteiger charge is 2.09. The Hall–Kier alpha value is -1.06. The van der Waals surface area contributed by atoms with Gasteiger partial charge in [-0.15, -0.1) is 0 Å². The number of benzene rings is 1. The van der Waals surface area contributed by atoms with Gasteiger partial charge in [0.1, 0.15) is 5.75 Å². The van der Waals surface area contributed by atoms with Gasteiger partial charge in [-0.1, -0.05) is 12.1 Å². The lowest BCUT2D eigenvalue weighted by molar-refractivity contribution is 0.414. The Balaban J connectivity index is 2.63. The minimum atomic E-state index is 0.258. The molecule has 2 unspecified atom stereocenters. The number of nitrogens with one attached hydrogen (secondary N) is 1. The van der Waals surface area contributed by atoms with Crippen LogP contribution in [0.1, 0.15) is 31.4 Å². The van der Waals surface area contributed by atoms with Crippen LogP contribution < -0.4 is 15.8 Å². The van der Waals surface area contributed by atoms with Crippen molar-refractivity contribution in [1.29, 1.82) is 0 Å². The van der Waals surface area contributed by atoms with Gasteiger partial charge >= 0.3 is 0 Å². The minimum Gasteiger partial charge on any atom is -0.497 e. The van der Waals surface area contributed by atoms with Crippen LogP contribution in [0.15, 0.2) is 24.3 Å². The quantitative estimate of drug-likeness (QED) is 0.774. The van der Waals surface area contributed by atoms with Gasteiger partial charge in [0.05, 0.1) is 7.11 Å². The van der Waals surface area contributed by atoms with E-state index in [1.54, 1.807) is 7.11 Å². The molecule has 90 valence electrons. The standard InChI is InChI=1S/C13H22N2O/c1-10(14)4-9-13(15-2)11-5-7-12(16-3)8-6-11/h5-8,10,13,15H,4,9,14H2,1-3H3. The van der Waals surface area contributed by atoms with Gasteiger partial charge in [0, 0.05) is 12.1 Å². The normalized spacial score (nSPS) is 14.5. The fourth-order valence-electron chi connectivity index (χ4n) is 1.74. The zero-order chi connectivity index (χ0) is 12.0. The molecule has 2 atom stereocenters. The van der Waals surface area contributed by atoms with Crippen molar-refractivity contribution in [1.82, 2.24) is 5.32 Å². The molecule has 0 fully saturated rings. The van der Waals surface area contributed by atoms with Gasteiger partial charge in [-0.3, -0.25) is 0 Å². The fourth-order valence-corrected chi connectivity index (χ4v) is 1.74. The summed E-state index contributed by atoms with van der Waals surface area (Å²) in [5.41, 5.74) is 7.05. The van der Waals surface area contributed by atoms with E-state index in [-0.39, 0.29) is 6.04 Å². The van der Waals surface area contributed by atoms with Crippen molar-refractivity contribution in [2.45, 2.75) is 31.8 Å². The van der Waals surface area contributed by atoms with Crippen molar-refractivity contribution >= 4 is 0 Å². The van der Waals surface area contributed by atoms with Crippen LogP contribution in [0.3, 0.4) is 0 Å². The highest BCUT2D eigenvalue weighted by molar-refractivity contribution is 5.29. The van der Waals surface area contributed by atoms with E-state index >= 15 is 0 Å². The molecule has 0 heterocycles. The SMILES string of the molecule is CNC(CCC(C)N)c1ccc(OC)cc1. The summed E-state index contributed by atoms with van der Waals surface area (Å²) in [6, 6.07) is 8.81. The monoisotopic (exact) mass is 222 g/mol. The van der Waals surface area contributed by atoms with Crippen LogP contribution in [0.25, 0.3) is 0 Å². The molecule has 0 spiro atoms. The Morgan fingerprint density at radius 3 is 2.31 bits per heavy atom. The minimum absolute atomic E-state index is 0.258. The molecule has 3 nitrogen and oxygen atoms in total. The third kappa shape index (κ3) is 3.83. The average Bonchev–Trinajstić information content (AvgIpc) is 2.30. The molecule has 0 aliphatic carbocycles. The Morgan fingerprint density at radius 1 is 1.25 bits per heavy atom. The summed E-state index contributed by atoms with van der Waals surface area (Å²) in [6.45, 7) is 2.04. The fraction of sp³-hybridized carbons (Fsp3) is 0.538. The van der Waals surface area contributed by atoms with E-state index in [1.807, 2.05) is 26.1 Å². The van der Waals surface area contributed by atoms with Gasteiger partial charge in [0.15, 0.2) is 0 Å². The summed E-state index contributed by atoms with van der Waals surface area (Å²) >= 11 is 0. The van der Waals surface area contributed by atoms with E-state index in [0.717, 1.165) is 18.6 Å². The van der Waals surface area contributed by atoms with Crippen molar-refractivity contribution in [3.05, 3.63) is 29.8 Å². The van der Waals surface area contributed by atoms with E-state index in [0.29, 0.717) is 6.04 Å². The highest BCUT2D eigenvalue weighted by Crippen LogP contribution is 2.21. The number of rotatable bonds is 6. The zero-order valence-corrected chi connectivity index (χ0v) is 10.4. The summed E-state index contributed by atoms with van der Waals surface area (Å²) in [5.74, 6) is 0.894. The van der Waals surface area contributed by atoms with Crippen LogP contribution in [0.2, 0.25) is 0 Å². The van der Waals surface area contributed by atoms with Crippen molar-refractivity contribution < 1.29 is 4.74 Å². The van der Waals surface area contributed by atoms with Crippen molar-refractivity contribution in [3.8, 4) is 5.75 Å². The van der Waals surface area contributed by atoms with Crippen LogP contribution >= 0.6 is 0 Å². The lowest BCUT2D eigenvalue weighted by Gasteiger charge is -2.18. The molecule has 1 rings (SSSR count). The topological polar surface area (TPSA) is 47.3 Å². The largest absolute Gasteiger partial charge is 0.497 e. The summed E-state index contributed by atoms with van der Waals surface area (Å²) in [4.78, 5) is 0. The maximum atomic E-state index is 5.77. The lowest BCUT2D eigenvalue weighted by atomic mass is 10.00. The number of methoxy groups -OCH3 is 1. The average molecular weight is 222 g/mol. The van der Waals surface area contributed by atoms with Crippen LogP contribution in [0, 0.1) is 0 Å². The van der Waals surface area contributed by atoms with Crippen molar-refractivity contribution in [2.24, 2.45) is 5.73 Å². The second-order valence-electron chi connectivity index (χ2n) is 4.17. The predicted octanol–water partition coefficient (Wildman–Crippen LogP) is 2.08. The summed E-state index contributed by atoms with van der Waals surface area (Å²) in [7, 11) is 3.66. The summed E-state index contributed by atoms with van der Waals surface area (Å²) in [5, 5.41) is 3.31. The van der Waals surface area contributed by atoms with E-state index in [9.17, 15) is 0 Å². The molecule has 1 aromatic rings. The summed E-state index contributed by atoms with van der Waals surface area (Å²) < 4.78 is 5.14. The Labute approximate surface area is 98.0 Å². The van der Waals surface area contributed by atoms with Gasteiger partial charge < -0.3 is 15.8 Å². The van der Waals surface area contributed by atoms with E-state index in [4.69, 9.17) is 10.5 Å². The predicted molar refractivity (Wildman–Crippen MR) is 67.7 cm³/mol. The third-order valence-corrected chi connectivity index (χ3v) is 2.78. The molecule has 0 aliphatic rings. The van der Waals surface area contributed by atoms with E-state index < -0.39 is 0 Å². The van der Waals surface area contributed by atoms with Crippen LogP contribution in [0.5, 0.6) is 5.75 Å². The number of hydrogen-bond acceptors (Lipinski definition) is 3. The highest BCUT2D eigenvalue weighted by atomic mass is 16.5. The second kappa shape index (κ2) is 6.51. The first-order valence-corrected chi connectivity index (χ1v) is 5.74. The van der Waals surface area contributed by atoms with Gasteiger partial charge in [-0.25, -0.2) is 0 Å². The van der Waals surface area contributed by atoms with Gasteiger partial charge in [-0.05, 0) is 44.5 Å². The Morgan fingerprint density at radius 2 is 1.88 bits per heavy atom. The van der Waals surface area contributed by atoms with Crippen LogP contribution in [-0.4, -0.2) is 20.2 Å². The van der Waals surface area contributed by atoms with Crippen molar-refractivity contribution in [2.75, 3.05) is 14.2 Å². The molecular formula is C13H22N2O. The number of nitrogens with two attached hydrogens (primary N) is 1. The smallest absolute Gasteiger partial charge is 0.118 e. The first kappa shape index (κ1) is 13.0. The molecule has 0 saturated carbocycles. The number of ether oxygens (including phenoxy) is 1. The molecule has 1 aromatic carbocycles. The first-order valence-electron chi connectivity index (χ1n) is 5.74. The molecule has 0 amide bonds. The molecule has 0 aromatic heterocycles. The molecular weight excluding hydrogens is 200 g/mol. The third-order valence-electron chi connectivity index (χ3n) is 2.78. The van der Waals surface area contributed by atoms with Gasteiger partial charge in [0.2, 0.25) is 0 Å². The van der Waals surface area contributed by atoms with Crippen LogP contribution in [0.4, 0.5) is 0 Å². The molecule has 0 saturated heterocycles. The maximum Gasteiger partial charge on any atom is 0.118 e. The van der Waals surface area contributed by atoms with Gasteiger partial charge in [0.25, 0.3) is 0 Å². The zero-order valence-electron chi connectivity index (χ0n) is 10.4. The molecule has 0 bridgehead atoms. The van der Waals surface area contributed by atoms with Gasteiger partial charge in [-0.2, -0.15) is 0 Å². The van der Waals surface area contributed by atoms with Crippen molar-refractivity contribution in [3.63, 3.8) is 0 Å². The molecule has 3 N–H and O–H groups in total. The van der Waals surface area contributed by atoms with E-state index in [1.165, 1.54) is 5.56 Å². The molecule has 0 aliphatic heterocycles. The molecule has 16 heavy (non-hydrogen) atoms. The molecule has 0 radical (unpaired) electrons. The molecule has 3 heteroatoms.